The summed E-state index contributed by atoms with van der Waals surface area (Å²) >= 11 is 0. The molecular weight excluding hydrogens is 282 g/mol. The molecule has 120 valence electrons. The van der Waals surface area contributed by atoms with E-state index < -0.39 is 23.0 Å². The minimum Gasteiger partial charge on any atom is -0.312 e. The zero-order valence-electron chi connectivity index (χ0n) is 13.2. The van der Waals surface area contributed by atoms with Crippen molar-refractivity contribution in [2.75, 3.05) is 6.54 Å². The molecule has 5 heteroatoms. The Morgan fingerprint density at radius 3 is 2.00 bits per heavy atom. The third-order valence-corrected chi connectivity index (χ3v) is 3.46. The summed E-state index contributed by atoms with van der Waals surface area (Å²) in [6, 6.07) is 3.19. The maximum atomic E-state index is 13.7. The Labute approximate surface area is 123 Å². The number of benzene rings is 1. The van der Waals surface area contributed by atoms with Gasteiger partial charge in [-0.3, -0.25) is 0 Å². The molecule has 0 fully saturated rings. The molecule has 0 aliphatic rings. The van der Waals surface area contributed by atoms with Gasteiger partial charge in [-0.15, -0.1) is 0 Å². The van der Waals surface area contributed by atoms with E-state index in [0.717, 1.165) is 12.1 Å². The second kappa shape index (κ2) is 5.95. The van der Waals surface area contributed by atoms with Gasteiger partial charge in [0.25, 0.3) is 0 Å². The van der Waals surface area contributed by atoms with Gasteiger partial charge in [-0.25, -0.2) is 4.39 Å². The molecule has 0 amide bonds. The van der Waals surface area contributed by atoms with Crippen LogP contribution in [0.5, 0.6) is 0 Å². The maximum absolute atomic E-state index is 13.7. The molecule has 1 nitrogen and oxygen atoms in total. The van der Waals surface area contributed by atoms with Crippen molar-refractivity contribution in [2.45, 2.75) is 58.2 Å². The van der Waals surface area contributed by atoms with Gasteiger partial charge in [0.05, 0.1) is 5.56 Å². The summed E-state index contributed by atoms with van der Waals surface area (Å²) in [4.78, 5) is 0. The molecule has 1 aromatic carbocycles. The van der Waals surface area contributed by atoms with Crippen LogP contribution < -0.4 is 5.32 Å². The highest BCUT2D eigenvalue weighted by atomic mass is 19.4. The molecule has 0 unspecified atom stereocenters. The average molecular weight is 305 g/mol. The Morgan fingerprint density at radius 1 is 1.00 bits per heavy atom. The summed E-state index contributed by atoms with van der Waals surface area (Å²) in [6.45, 7) is 10.6. The summed E-state index contributed by atoms with van der Waals surface area (Å²) in [5.41, 5.74) is -1.07. The molecule has 0 spiro atoms. The number of nitrogens with one attached hydrogen (secondary N) is 1. The summed E-state index contributed by atoms with van der Waals surface area (Å²) in [5, 5.41) is 3.32. The first-order valence-corrected chi connectivity index (χ1v) is 6.95. The van der Waals surface area contributed by atoms with Gasteiger partial charge in [-0.1, -0.05) is 19.9 Å². The van der Waals surface area contributed by atoms with Crippen LogP contribution in [0.1, 0.15) is 52.2 Å². The van der Waals surface area contributed by atoms with E-state index in [1.807, 2.05) is 34.6 Å². The summed E-state index contributed by atoms with van der Waals surface area (Å²) < 4.78 is 51.3. The second-order valence-corrected chi connectivity index (χ2v) is 7.00. The van der Waals surface area contributed by atoms with E-state index in [-0.39, 0.29) is 5.54 Å². The van der Waals surface area contributed by atoms with Crippen LogP contribution in [0.3, 0.4) is 0 Å². The van der Waals surface area contributed by atoms with Crippen molar-refractivity contribution in [3.05, 3.63) is 35.1 Å². The SMILES string of the molecule is CC(C)(C)NCCC(C)(C)c1ccc(C(F)(F)F)c(F)c1. The van der Waals surface area contributed by atoms with E-state index in [1.165, 1.54) is 6.07 Å². The highest BCUT2D eigenvalue weighted by Crippen LogP contribution is 2.34. The molecule has 1 rings (SSSR count). The van der Waals surface area contributed by atoms with Crippen LogP contribution in [0.2, 0.25) is 0 Å². The molecule has 0 radical (unpaired) electrons. The lowest BCUT2D eigenvalue weighted by Gasteiger charge is -2.29. The van der Waals surface area contributed by atoms with Gasteiger partial charge < -0.3 is 5.32 Å². The first-order valence-electron chi connectivity index (χ1n) is 6.95. The molecule has 1 aromatic rings. The molecule has 21 heavy (non-hydrogen) atoms. The normalized spacial score (nSPS) is 13.6. The third-order valence-electron chi connectivity index (χ3n) is 3.46. The molecule has 0 saturated heterocycles. The summed E-state index contributed by atoms with van der Waals surface area (Å²) in [6.07, 6.45) is -3.95. The zero-order valence-corrected chi connectivity index (χ0v) is 13.2. The molecule has 1 N–H and O–H groups in total. The van der Waals surface area contributed by atoms with Crippen LogP contribution in [0.4, 0.5) is 17.6 Å². The number of alkyl halides is 3. The quantitative estimate of drug-likeness (QED) is 0.780. The minimum atomic E-state index is -4.65. The molecular formula is C16H23F4N. The highest BCUT2D eigenvalue weighted by Gasteiger charge is 2.34. The lowest BCUT2D eigenvalue weighted by molar-refractivity contribution is -0.140. The van der Waals surface area contributed by atoms with Crippen molar-refractivity contribution < 1.29 is 17.6 Å². The molecule has 0 saturated carbocycles. The van der Waals surface area contributed by atoms with Crippen LogP contribution in [0.25, 0.3) is 0 Å². The fourth-order valence-electron chi connectivity index (χ4n) is 2.06. The van der Waals surface area contributed by atoms with Crippen LogP contribution in [-0.2, 0) is 11.6 Å². The number of hydrogen-bond acceptors (Lipinski definition) is 1. The predicted octanol–water partition coefficient (Wildman–Crippen LogP) is 4.90. The molecule has 0 aromatic heterocycles. The van der Waals surface area contributed by atoms with Gasteiger partial charge in [0, 0.05) is 5.54 Å². The van der Waals surface area contributed by atoms with Crippen molar-refractivity contribution in [1.82, 2.24) is 5.32 Å². The van der Waals surface area contributed by atoms with Crippen molar-refractivity contribution in [3.8, 4) is 0 Å². The number of hydrogen-bond donors (Lipinski definition) is 1. The van der Waals surface area contributed by atoms with Crippen LogP contribution in [-0.4, -0.2) is 12.1 Å². The van der Waals surface area contributed by atoms with Crippen molar-refractivity contribution in [3.63, 3.8) is 0 Å². The fourth-order valence-corrected chi connectivity index (χ4v) is 2.06. The van der Waals surface area contributed by atoms with Gasteiger partial charge >= 0.3 is 6.18 Å². The first-order chi connectivity index (χ1) is 9.33. The Morgan fingerprint density at radius 2 is 1.57 bits per heavy atom. The van der Waals surface area contributed by atoms with Gasteiger partial charge in [-0.05, 0) is 56.8 Å². The lowest BCUT2D eigenvalue weighted by Crippen LogP contribution is -2.38. The Bertz CT molecular complexity index is 484. The van der Waals surface area contributed by atoms with Crippen molar-refractivity contribution >= 4 is 0 Å². The topological polar surface area (TPSA) is 12.0 Å². The minimum absolute atomic E-state index is 0.0263. The van der Waals surface area contributed by atoms with Crippen LogP contribution in [0.15, 0.2) is 18.2 Å². The molecule has 0 aliphatic heterocycles. The van der Waals surface area contributed by atoms with Crippen molar-refractivity contribution in [2.24, 2.45) is 0 Å². The Balaban J connectivity index is 2.87. The first kappa shape index (κ1) is 18.0. The zero-order chi connectivity index (χ0) is 16.5. The van der Waals surface area contributed by atoms with E-state index in [0.29, 0.717) is 18.5 Å². The molecule has 0 aliphatic carbocycles. The molecule has 0 atom stereocenters. The number of rotatable bonds is 4. The van der Waals surface area contributed by atoms with Crippen LogP contribution >= 0.6 is 0 Å². The highest BCUT2D eigenvalue weighted by molar-refractivity contribution is 5.31. The van der Waals surface area contributed by atoms with Crippen LogP contribution in [0, 0.1) is 5.82 Å². The molecule has 0 heterocycles. The molecule has 0 bridgehead atoms. The van der Waals surface area contributed by atoms with Gasteiger partial charge in [0.2, 0.25) is 0 Å². The third kappa shape index (κ3) is 5.30. The average Bonchev–Trinajstić information content (AvgIpc) is 2.24. The lowest BCUT2D eigenvalue weighted by atomic mass is 9.81. The van der Waals surface area contributed by atoms with E-state index in [1.54, 1.807) is 0 Å². The van der Waals surface area contributed by atoms with Gasteiger partial charge in [0.1, 0.15) is 5.82 Å². The standard InChI is InChI=1S/C16H23F4N/c1-14(2,3)21-9-8-15(4,5)11-6-7-12(13(17)10-11)16(18,19)20/h6-7,10,21H,8-9H2,1-5H3. The van der Waals surface area contributed by atoms with E-state index in [2.05, 4.69) is 5.32 Å². The fraction of sp³-hybridized carbons (Fsp3) is 0.625. The van der Waals surface area contributed by atoms with Gasteiger partial charge in [-0.2, -0.15) is 13.2 Å². The number of halogens is 4. The maximum Gasteiger partial charge on any atom is 0.419 e. The summed E-state index contributed by atoms with van der Waals surface area (Å²) in [7, 11) is 0. The van der Waals surface area contributed by atoms with E-state index in [9.17, 15) is 17.6 Å². The summed E-state index contributed by atoms with van der Waals surface area (Å²) in [5.74, 6) is -1.21. The Hall–Kier alpha value is -1.10. The van der Waals surface area contributed by atoms with Crippen molar-refractivity contribution in [1.29, 1.82) is 0 Å². The second-order valence-electron chi connectivity index (χ2n) is 7.00. The predicted molar refractivity (Wildman–Crippen MR) is 76.8 cm³/mol. The van der Waals surface area contributed by atoms with E-state index >= 15 is 0 Å². The smallest absolute Gasteiger partial charge is 0.312 e. The largest absolute Gasteiger partial charge is 0.419 e. The monoisotopic (exact) mass is 305 g/mol. The Kier molecular flexibility index (Phi) is 5.09. The van der Waals surface area contributed by atoms with Gasteiger partial charge in [0.15, 0.2) is 0 Å². The van der Waals surface area contributed by atoms with E-state index in [4.69, 9.17) is 0 Å².